The number of primary amides is 1. The summed E-state index contributed by atoms with van der Waals surface area (Å²) in [5, 5.41) is 10.7. The Labute approximate surface area is 213 Å². The number of methoxy groups -OCH3 is 1. The van der Waals surface area contributed by atoms with Crippen LogP contribution in [0.25, 0.3) is 10.9 Å². The van der Waals surface area contributed by atoms with Crippen molar-refractivity contribution in [3.8, 4) is 11.5 Å². The Kier molecular flexibility index (Phi) is 8.14. The maximum absolute atomic E-state index is 14.9. The van der Waals surface area contributed by atoms with Crippen LogP contribution in [-0.4, -0.2) is 72.3 Å². The second-order valence-electron chi connectivity index (χ2n) is 8.22. The largest absolute Gasteiger partial charge is 0.494 e. The van der Waals surface area contributed by atoms with E-state index in [1.807, 2.05) is 0 Å². The molecule has 202 valence electrons. The summed E-state index contributed by atoms with van der Waals surface area (Å²) in [6.45, 7) is -1.24. The number of hydrogen-bond donors (Lipinski definition) is 3. The van der Waals surface area contributed by atoms with Crippen LogP contribution < -0.4 is 26.1 Å². The highest BCUT2D eigenvalue weighted by atomic mass is 19.1. The fourth-order valence-corrected chi connectivity index (χ4v) is 3.87. The van der Waals surface area contributed by atoms with Crippen molar-refractivity contribution in [1.29, 1.82) is 0 Å². The average Bonchev–Trinajstić information content (AvgIpc) is 2.90. The normalized spacial score (nSPS) is 17.3. The van der Waals surface area contributed by atoms with Crippen molar-refractivity contribution in [3.05, 3.63) is 63.7 Å². The minimum Gasteiger partial charge on any atom is -0.494 e. The molecule has 1 fully saturated rings. The number of aliphatic hydroxyl groups is 1. The molecule has 2 atom stereocenters. The van der Waals surface area contributed by atoms with E-state index in [-0.39, 0.29) is 48.8 Å². The van der Waals surface area contributed by atoms with Crippen LogP contribution in [0.3, 0.4) is 0 Å². The third-order valence-electron chi connectivity index (χ3n) is 5.73. The number of halogens is 2. The third-order valence-corrected chi connectivity index (χ3v) is 5.73. The van der Waals surface area contributed by atoms with E-state index in [0.717, 1.165) is 16.7 Å². The number of nitrogens with zero attached hydrogens (tertiary/aromatic N) is 2. The lowest BCUT2D eigenvalue weighted by Crippen LogP contribution is -2.47. The molecule has 2 aromatic carbocycles. The van der Waals surface area contributed by atoms with E-state index in [9.17, 15) is 23.2 Å². The first-order valence-corrected chi connectivity index (χ1v) is 11.3. The SMILES string of the molecule is COc1cc(Cn2c(C(N)=O)nc3ccc(F)c(OCC4COC(C(=O)NCO)CO4)c3c2=O)ccc1F. The lowest BCUT2D eigenvalue weighted by atomic mass is 10.1. The fourth-order valence-electron chi connectivity index (χ4n) is 3.87. The second-order valence-corrected chi connectivity index (χ2v) is 8.22. The summed E-state index contributed by atoms with van der Waals surface area (Å²) in [6.07, 6.45) is -1.63. The zero-order chi connectivity index (χ0) is 27.4. The number of carbonyl (C=O) groups is 2. The molecular formula is C24H24F2N4O8. The van der Waals surface area contributed by atoms with E-state index in [0.29, 0.717) is 5.56 Å². The van der Waals surface area contributed by atoms with Gasteiger partial charge in [0.2, 0.25) is 5.82 Å². The van der Waals surface area contributed by atoms with Gasteiger partial charge >= 0.3 is 0 Å². The predicted octanol–water partition coefficient (Wildman–Crippen LogP) is 0.0593. The molecule has 0 aliphatic carbocycles. The summed E-state index contributed by atoms with van der Waals surface area (Å²) in [5.74, 6) is -3.94. The molecule has 0 saturated carbocycles. The van der Waals surface area contributed by atoms with Gasteiger partial charge in [0.05, 0.1) is 32.4 Å². The maximum Gasteiger partial charge on any atom is 0.284 e. The standard InChI is InChI=1S/C24H24F2N4O8/c1-35-17-6-12(2-3-14(17)25)7-30-22(21(27)32)29-16-5-4-15(26)20(19(16)24(30)34)38-9-13-8-37-18(10-36-13)23(33)28-11-31/h2-6,13,18,31H,7-11H2,1H3,(H2,27,32)(H,28,33). The van der Waals surface area contributed by atoms with Crippen LogP contribution in [0.4, 0.5) is 8.78 Å². The number of benzene rings is 2. The number of nitrogens with two attached hydrogens (primary N) is 1. The summed E-state index contributed by atoms with van der Waals surface area (Å²) in [4.78, 5) is 41.5. The van der Waals surface area contributed by atoms with E-state index in [4.69, 9.17) is 29.8 Å². The van der Waals surface area contributed by atoms with Crippen molar-refractivity contribution in [1.82, 2.24) is 14.9 Å². The molecule has 1 aliphatic rings. The lowest BCUT2D eigenvalue weighted by molar-refractivity contribution is -0.165. The van der Waals surface area contributed by atoms with Gasteiger partial charge in [-0.2, -0.15) is 0 Å². The van der Waals surface area contributed by atoms with Crippen molar-refractivity contribution in [2.45, 2.75) is 18.8 Å². The first-order chi connectivity index (χ1) is 18.2. The second kappa shape index (κ2) is 11.5. The molecule has 14 heteroatoms. The highest BCUT2D eigenvalue weighted by Gasteiger charge is 2.29. The third kappa shape index (κ3) is 5.56. The van der Waals surface area contributed by atoms with Crippen molar-refractivity contribution in [3.63, 3.8) is 0 Å². The lowest BCUT2D eigenvalue weighted by Gasteiger charge is -2.28. The van der Waals surface area contributed by atoms with Crippen LogP contribution in [-0.2, 0) is 20.8 Å². The van der Waals surface area contributed by atoms with Gasteiger partial charge in [0, 0.05) is 0 Å². The Hall–Kier alpha value is -4.14. The van der Waals surface area contributed by atoms with Gasteiger partial charge < -0.3 is 35.1 Å². The van der Waals surface area contributed by atoms with Crippen molar-refractivity contribution < 1.29 is 42.4 Å². The molecule has 1 aliphatic heterocycles. The van der Waals surface area contributed by atoms with Crippen LogP contribution in [0.15, 0.2) is 35.1 Å². The van der Waals surface area contributed by atoms with E-state index in [1.165, 1.54) is 25.3 Å². The highest BCUT2D eigenvalue weighted by molar-refractivity contribution is 5.93. The van der Waals surface area contributed by atoms with E-state index in [2.05, 4.69) is 10.3 Å². The predicted molar refractivity (Wildman–Crippen MR) is 127 cm³/mol. The Balaban J connectivity index is 1.64. The van der Waals surface area contributed by atoms with Gasteiger partial charge in [0.15, 0.2) is 29.2 Å². The molecule has 0 spiro atoms. The van der Waals surface area contributed by atoms with Gasteiger partial charge in [-0.15, -0.1) is 0 Å². The van der Waals surface area contributed by atoms with Gasteiger partial charge in [-0.25, -0.2) is 13.8 Å². The van der Waals surface area contributed by atoms with Crippen molar-refractivity contribution >= 4 is 22.7 Å². The number of ether oxygens (including phenoxy) is 4. The van der Waals surface area contributed by atoms with Gasteiger partial charge in [-0.3, -0.25) is 19.0 Å². The van der Waals surface area contributed by atoms with Gasteiger partial charge in [-0.05, 0) is 29.8 Å². The Morgan fingerprint density at radius 3 is 2.63 bits per heavy atom. The molecule has 12 nitrogen and oxygen atoms in total. The summed E-state index contributed by atoms with van der Waals surface area (Å²) in [6, 6.07) is 6.10. The molecule has 0 bridgehead atoms. The number of carbonyl (C=O) groups excluding carboxylic acids is 2. The van der Waals surface area contributed by atoms with Crippen molar-refractivity contribution in [2.75, 3.05) is 33.7 Å². The number of aliphatic hydroxyl groups excluding tert-OH is 1. The molecule has 2 heterocycles. The quantitative estimate of drug-likeness (QED) is 0.322. The first kappa shape index (κ1) is 26.9. The van der Waals surface area contributed by atoms with Crippen LogP contribution in [0, 0.1) is 11.6 Å². The first-order valence-electron chi connectivity index (χ1n) is 11.3. The molecule has 3 aromatic rings. The molecule has 0 radical (unpaired) electrons. The monoisotopic (exact) mass is 534 g/mol. The number of amides is 2. The average molecular weight is 534 g/mol. The number of aromatic nitrogens is 2. The Bertz CT molecular complexity index is 1420. The molecule has 38 heavy (non-hydrogen) atoms. The molecule has 2 unspecified atom stereocenters. The van der Waals surface area contributed by atoms with Crippen LogP contribution >= 0.6 is 0 Å². The molecular weight excluding hydrogens is 510 g/mol. The van der Waals surface area contributed by atoms with Gasteiger partial charge in [0.25, 0.3) is 17.4 Å². The van der Waals surface area contributed by atoms with Crippen LogP contribution in [0.1, 0.15) is 16.2 Å². The summed E-state index contributed by atoms with van der Waals surface area (Å²) < 4.78 is 51.2. The van der Waals surface area contributed by atoms with E-state index in [1.54, 1.807) is 0 Å². The fraction of sp³-hybridized carbons (Fsp3) is 0.333. The van der Waals surface area contributed by atoms with E-state index >= 15 is 0 Å². The minimum atomic E-state index is -1.00. The molecule has 4 rings (SSSR count). The van der Waals surface area contributed by atoms with Crippen LogP contribution in [0.5, 0.6) is 11.5 Å². The molecule has 4 N–H and O–H groups in total. The minimum absolute atomic E-state index is 0.0327. The Morgan fingerprint density at radius 1 is 1.21 bits per heavy atom. The molecule has 1 aromatic heterocycles. The highest BCUT2D eigenvalue weighted by Crippen LogP contribution is 2.27. The number of rotatable bonds is 9. The summed E-state index contributed by atoms with van der Waals surface area (Å²) >= 11 is 0. The Morgan fingerprint density at radius 2 is 1.97 bits per heavy atom. The van der Waals surface area contributed by atoms with Gasteiger partial charge in [0.1, 0.15) is 24.8 Å². The van der Waals surface area contributed by atoms with Crippen molar-refractivity contribution in [2.24, 2.45) is 5.73 Å². The zero-order valence-electron chi connectivity index (χ0n) is 20.1. The van der Waals surface area contributed by atoms with E-state index < -0.39 is 53.7 Å². The summed E-state index contributed by atoms with van der Waals surface area (Å²) in [7, 11) is 1.28. The molecule has 2 amide bonds. The summed E-state index contributed by atoms with van der Waals surface area (Å²) in [5.41, 5.74) is 5.00. The zero-order valence-corrected chi connectivity index (χ0v) is 20.1. The molecule has 1 saturated heterocycles. The van der Waals surface area contributed by atoms with Gasteiger partial charge in [-0.1, -0.05) is 6.07 Å². The number of fused-ring (bicyclic) bond motifs is 1. The smallest absolute Gasteiger partial charge is 0.284 e. The van der Waals surface area contributed by atoms with Crippen LogP contribution in [0.2, 0.25) is 0 Å². The number of nitrogens with one attached hydrogen (secondary N) is 1. The topological polar surface area (TPSA) is 164 Å². The maximum atomic E-state index is 14.9. The number of hydrogen-bond acceptors (Lipinski definition) is 9.